The predicted octanol–water partition coefficient (Wildman–Crippen LogP) is 3.90. The molecule has 0 amide bonds. The number of rotatable bonds is 3. The van der Waals surface area contributed by atoms with Crippen molar-refractivity contribution in [3.8, 4) is 11.4 Å². The second-order valence-corrected chi connectivity index (χ2v) is 5.22. The molecule has 1 aromatic carbocycles. The van der Waals surface area contributed by atoms with Gasteiger partial charge in [-0.2, -0.15) is 0 Å². The van der Waals surface area contributed by atoms with Gasteiger partial charge < -0.3 is 4.57 Å². The summed E-state index contributed by atoms with van der Waals surface area (Å²) in [7, 11) is 0. The molecule has 0 unspecified atom stereocenters. The van der Waals surface area contributed by atoms with Gasteiger partial charge in [-0.05, 0) is 45.8 Å². The van der Waals surface area contributed by atoms with E-state index < -0.39 is 0 Å². The molecule has 3 aromatic rings. The van der Waals surface area contributed by atoms with Gasteiger partial charge in [0.1, 0.15) is 11.6 Å². The lowest BCUT2D eigenvalue weighted by molar-refractivity contribution is 0.619. The van der Waals surface area contributed by atoms with E-state index in [-0.39, 0.29) is 5.82 Å². The number of hydrogen-bond acceptors (Lipinski definition) is 2. The van der Waals surface area contributed by atoms with Gasteiger partial charge in [0.25, 0.3) is 0 Å². The first-order chi connectivity index (χ1) is 9.74. The highest BCUT2D eigenvalue weighted by molar-refractivity contribution is 9.10. The Morgan fingerprint density at radius 3 is 2.85 bits per heavy atom. The fraction of sp³-hybridized carbons (Fsp3) is 0.0667. The topological polar surface area (TPSA) is 30.7 Å². The smallest absolute Gasteiger partial charge is 0.141 e. The zero-order chi connectivity index (χ0) is 13.9. The van der Waals surface area contributed by atoms with Crippen molar-refractivity contribution in [1.82, 2.24) is 14.5 Å². The number of imidazole rings is 1. The summed E-state index contributed by atoms with van der Waals surface area (Å²) >= 11 is 3.20. The molecule has 0 bridgehead atoms. The summed E-state index contributed by atoms with van der Waals surface area (Å²) < 4.78 is 15.7. The lowest BCUT2D eigenvalue weighted by Crippen LogP contribution is -2.01. The summed E-state index contributed by atoms with van der Waals surface area (Å²) in [6.07, 6.45) is 7.16. The highest BCUT2D eigenvalue weighted by atomic mass is 79.9. The minimum atomic E-state index is -0.258. The first-order valence-corrected chi connectivity index (χ1v) is 6.89. The van der Waals surface area contributed by atoms with E-state index in [0.717, 1.165) is 17.0 Å². The van der Waals surface area contributed by atoms with Crippen LogP contribution in [0.2, 0.25) is 0 Å². The van der Waals surface area contributed by atoms with Gasteiger partial charge in [-0.3, -0.25) is 4.98 Å². The Morgan fingerprint density at radius 1 is 1.20 bits per heavy atom. The summed E-state index contributed by atoms with van der Waals surface area (Å²) in [6, 6.07) is 8.85. The molecule has 3 nitrogen and oxygen atoms in total. The van der Waals surface area contributed by atoms with E-state index in [2.05, 4.69) is 25.9 Å². The maximum absolute atomic E-state index is 13.2. The van der Waals surface area contributed by atoms with Crippen molar-refractivity contribution in [3.63, 3.8) is 0 Å². The van der Waals surface area contributed by atoms with Crippen LogP contribution in [0, 0.1) is 5.82 Å². The van der Waals surface area contributed by atoms with Gasteiger partial charge in [0.15, 0.2) is 0 Å². The zero-order valence-corrected chi connectivity index (χ0v) is 12.1. The van der Waals surface area contributed by atoms with Gasteiger partial charge in [-0.1, -0.05) is 6.07 Å². The fourth-order valence-corrected chi connectivity index (χ4v) is 2.45. The zero-order valence-electron chi connectivity index (χ0n) is 10.5. The van der Waals surface area contributed by atoms with Gasteiger partial charge in [-0.15, -0.1) is 0 Å². The van der Waals surface area contributed by atoms with Crippen LogP contribution < -0.4 is 0 Å². The largest absolute Gasteiger partial charge is 0.327 e. The Labute approximate surface area is 124 Å². The molecule has 3 rings (SSSR count). The van der Waals surface area contributed by atoms with Crippen LogP contribution in [0.5, 0.6) is 0 Å². The van der Waals surface area contributed by atoms with E-state index >= 15 is 0 Å². The van der Waals surface area contributed by atoms with Gasteiger partial charge in [0.2, 0.25) is 0 Å². The molecule has 0 saturated heterocycles. The maximum atomic E-state index is 13.2. The van der Waals surface area contributed by atoms with E-state index in [4.69, 9.17) is 0 Å². The molecule has 0 N–H and O–H groups in total. The highest BCUT2D eigenvalue weighted by Gasteiger charge is 2.07. The van der Waals surface area contributed by atoms with Crippen LogP contribution in [-0.2, 0) is 6.54 Å². The van der Waals surface area contributed by atoms with Crippen molar-refractivity contribution in [1.29, 1.82) is 0 Å². The third-order valence-corrected chi connectivity index (χ3v) is 3.58. The monoisotopic (exact) mass is 331 g/mol. The van der Waals surface area contributed by atoms with Crippen LogP contribution in [-0.4, -0.2) is 14.5 Å². The Hall–Kier alpha value is -2.01. The lowest BCUT2D eigenvalue weighted by atomic mass is 10.2. The molecule has 2 aromatic heterocycles. The van der Waals surface area contributed by atoms with Crippen molar-refractivity contribution in [2.24, 2.45) is 0 Å². The molecular formula is C15H11BrFN3. The van der Waals surface area contributed by atoms with Crippen molar-refractivity contribution in [3.05, 3.63) is 71.0 Å². The van der Waals surface area contributed by atoms with Gasteiger partial charge in [0.05, 0.1) is 4.47 Å². The quantitative estimate of drug-likeness (QED) is 0.728. The Morgan fingerprint density at radius 2 is 2.10 bits per heavy atom. The number of pyridine rings is 1. The maximum Gasteiger partial charge on any atom is 0.141 e. The Balaban J connectivity index is 1.92. The second kappa shape index (κ2) is 5.54. The lowest BCUT2D eigenvalue weighted by Gasteiger charge is -2.08. The molecule has 20 heavy (non-hydrogen) atoms. The SMILES string of the molecule is Fc1ccc(Cn2ccnc2-c2cccnc2)cc1Br. The average Bonchev–Trinajstić information content (AvgIpc) is 2.92. The number of aromatic nitrogens is 3. The molecule has 0 atom stereocenters. The van der Waals surface area contributed by atoms with E-state index in [1.807, 2.05) is 22.9 Å². The molecule has 0 spiro atoms. The van der Waals surface area contributed by atoms with Crippen LogP contribution in [0.4, 0.5) is 4.39 Å². The number of hydrogen-bond donors (Lipinski definition) is 0. The molecule has 2 heterocycles. The van der Waals surface area contributed by atoms with Gasteiger partial charge in [-0.25, -0.2) is 9.37 Å². The van der Waals surface area contributed by atoms with E-state index in [1.165, 1.54) is 6.07 Å². The van der Waals surface area contributed by atoms with Crippen LogP contribution in [0.25, 0.3) is 11.4 Å². The molecule has 0 radical (unpaired) electrons. The van der Waals surface area contributed by atoms with E-state index in [1.54, 1.807) is 30.7 Å². The molecule has 5 heteroatoms. The van der Waals surface area contributed by atoms with Crippen molar-refractivity contribution >= 4 is 15.9 Å². The molecule has 0 fully saturated rings. The first-order valence-electron chi connectivity index (χ1n) is 6.09. The van der Waals surface area contributed by atoms with Gasteiger partial charge >= 0.3 is 0 Å². The van der Waals surface area contributed by atoms with Crippen LogP contribution in [0.15, 0.2) is 59.6 Å². The average molecular weight is 332 g/mol. The first kappa shape index (κ1) is 13.0. The molecule has 0 aliphatic rings. The highest BCUT2D eigenvalue weighted by Crippen LogP contribution is 2.20. The van der Waals surface area contributed by atoms with E-state index in [0.29, 0.717) is 11.0 Å². The minimum Gasteiger partial charge on any atom is -0.327 e. The van der Waals surface area contributed by atoms with E-state index in [9.17, 15) is 4.39 Å². The molecular weight excluding hydrogens is 321 g/mol. The van der Waals surface area contributed by atoms with Crippen molar-refractivity contribution < 1.29 is 4.39 Å². The van der Waals surface area contributed by atoms with Crippen LogP contribution in [0.3, 0.4) is 0 Å². The third-order valence-electron chi connectivity index (χ3n) is 2.97. The van der Waals surface area contributed by atoms with Crippen molar-refractivity contribution in [2.45, 2.75) is 6.54 Å². The molecule has 0 saturated carbocycles. The molecule has 100 valence electrons. The summed E-state index contributed by atoms with van der Waals surface area (Å²) in [4.78, 5) is 8.46. The minimum absolute atomic E-state index is 0.258. The summed E-state index contributed by atoms with van der Waals surface area (Å²) in [5.74, 6) is 0.588. The predicted molar refractivity (Wildman–Crippen MR) is 78.7 cm³/mol. The summed E-state index contributed by atoms with van der Waals surface area (Å²) in [6.45, 7) is 0.628. The Kier molecular flexibility index (Phi) is 3.60. The number of halogens is 2. The molecule has 0 aliphatic heterocycles. The third kappa shape index (κ3) is 2.63. The summed E-state index contributed by atoms with van der Waals surface area (Å²) in [5.41, 5.74) is 1.96. The number of nitrogens with zero attached hydrogens (tertiary/aromatic N) is 3. The van der Waals surface area contributed by atoms with Crippen LogP contribution in [0.1, 0.15) is 5.56 Å². The van der Waals surface area contributed by atoms with Crippen molar-refractivity contribution in [2.75, 3.05) is 0 Å². The van der Waals surface area contributed by atoms with Gasteiger partial charge in [0, 0.05) is 36.9 Å². The normalized spacial score (nSPS) is 10.7. The standard InChI is InChI=1S/C15H11BrFN3/c16-13-8-11(3-4-14(13)17)10-20-7-6-19-15(20)12-2-1-5-18-9-12/h1-9H,10H2. The van der Waals surface area contributed by atoms with Crippen LogP contribution >= 0.6 is 15.9 Å². The second-order valence-electron chi connectivity index (χ2n) is 4.37. The fourth-order valence-electron chi connectivity index (χ4n) is 2.03. The molecule has 0 aliphatic carbocycles. The summed E-state index contributed by atoms with van der Waals surface area (Å²) in [5, 5.41) is 0. The Bertz CT molecular complexity index is 725. The number of benzene rings is 1.